The first-order valence-corrected chi connectivity index (χ1v) is 8.18. The Morgan fingerprint density at radius 2 is 1.58 bits per heavy atom. The molecule has 3 atom stereocenters. The summed E-state index contributed by atoms with van der Waals surface area (Å²) in [7, 11) is 0. The number of hydrogen-bond acceptors (Lipinski definition) is 2. The third-order valence-corrected chi connectivity index (χ3v) is 5.06. The van der Waals surface area contributed by atoms with Crippen LogP contribution in [0.25, 0.3) is 0 Å². The number of nitrogens with zero attached hydrogens (tertiary/aromatic N) is 2. The van der Waals surface area contributed by atoms with Crippen molar-refractivity contribution in [3.63, 3.8) is 0 Å². The molecule has 2 nitrogen and oxygen atoms in total. The summed E-state index contributed by atoms with van der Waals surface area (Å²) in [4.78, 5) is 5.45. The SMILES string of the molecule is C[C@H]1CN([C@H]2C=CCCC2)CCN1[C@@H]1C=CCCC1. The van der Waals surface area contributed by atoms with Crippen LogP contribution in [0.3, 0.4) is 0 Å². The second-order valence-electron chi connectivity index (χ2n) is 6.43. The number of allylic oxidation sites excluding steroid dienone is 2. The van der Waals surface area contributed by atoms with Gasteiger partial charge in [0.1, 0.15) is 0 Å². The summed E-state index contributed by atoms with van der Waals surface area (Å²) in [6.45, 7) is 6.17. The van der Waals surface area contributed by atoms with E-state index in [1.54, 1.807) is 0 Å². The van der Waals surface area contributed by atoms with Gasteiger partial charge in [-0.2, -0.15) is 0 Å². The van der Waals surface area contributed by atoms with Gasteiger partial charge in [-0.25, -0.2) is 0 Å². The molecule has 0 radical (unpaired) electrons. The standard InChI is InChI=1S/C17H28N2/c1-15-14-18(16-8-4-2-5-9-16)12-13-19(15)17-10-6-3-7-11-17/h4,6,8,10,15-17H,2-3,5,7,9,11-14H2,1H3/t15-,16-,17+/m0/s1. The van der Waals surface area contributed by atoms with Crippen molar-refractivity contribution >= 4 is 0 Å². The number of rotatable bonds is 2. The first kappa shape index (κ1) is 13.4. The van der Waals surface area contributed by atoms with Gasteiger partial charge in [0.2, 0.25) is 0 Å². The average Bonchev–Trinajstić information content (AvgIpc) is 2.49. The molecule has 0 saturated carbocycles. The van der Waals surface area contributed by atoms with E-state index in [1.807, 2.05) is 0 Å². The van der Waals surface area contributed by atoms with Gasteiger partial charge in [0, 0.05) is 37.8 Å². The van der Waals surface area contributed by atoms with Gasteiger partial charge in [0.15, 0.2) is 0 Å². The summed E-state index contributed by atoms with van der Waals surface area (Å²) >= 11 is 0. The minimum absolute atomic E-state index is 0.705. The van der Waals surface area contributed by atoms with Gasteiger partial charge < -0.3 is 0 Å². The fraction of sp³-hybridized carbons (Fsp3) is 0.765. The molecule has 0 unspecified atom stereocenters. The predicted molar refractivity (Wildman–Crippen MR) is 81.3 cm³/mol. The van der Waals surface area contributed by atoms with E-state index in [4.69, 9.17) is 0 Å². The predicted octanol–water partition coefficient (Wildman–Crippen LogP) is 3.21. The first-order chi connectivity index (χ1) is 9.34. The molecule has 0 aromatic carbocycles. The molecule has 0 bridgehead atoms. The average molecular weight is 260 g/mol. The quantitative estimate of drug-likeness (QED) is 0.704. The van der Waals surface area contributed by atoms with Crippen LogP contribution >= 0.6 is 0 Å². The monoisotopic (exact) mass is 260 g/mol. The maximum atomic E-state index is 2.73. The molecule has 1 saturated heterocycles. The third kappa shape index (κ3) is 3.11. The van der Waals surface area contributed by atoms with Crippen LogP contribution < -0.4 is 0 Å². The maximum Gasteiger partial charge on any atom is 0.0282 e. The molecular weight excluding hydrogens is 232 g/mol. The fourth-order valence-corrected chi connectivity index (χ4v) is 3.96. The van der Waals surface area contributed by atoms with Gasteiger partial charge in [-0.3, -0.25) is 9.80 Å². The summed E-state index contributed by atoms with van der Waals surface area (Å²) in [6, 6.07) is 2.14. The van der Waals surface area contributed by atoms with Crippen molar-refractivity contribution in [2.45, 2.75) is 63.6 Å². The highest BCUT2D eigenvalue weighted by atomic mass is 15.3. The highest BCUT2D eigenvalue weighted by Gasteiger charge is 2.31. The number of hydrogen-bond donors (Lipinski definition) is 0. The Bertz CT molecular complexity index is 347. The molecule has 2 aliphatic carbocycles. The lowest BCUT2D eigenvalue weighted by Gasteiger charge is -2.46. The van der Waals surface area contributed by atoms with E-state index in [2.05, 4.69) is 41.0 Å². The second kappa shape index (κ2) is 6.23. The van der Waals surface area contributed by atoms with E-state index in [0.29, 0.717) is 12.1 Å². The van der Waals surface area contributed by atoms with Crippen LogP contribution in [0, 0.1) is 0 Å². The van der Waals surface area contributed by atoms with Gasteiger partial charge in [0.05, 0.1) is 0 Å². The van der Waals surface area contributed by atoms with Crippen molar-refractivity contribution in [2.24, 2.45) is 0 Å². The molecule has 2 heteroatoms. The van der Waals surface area contributed by atoms with Crippen LogP contribution in [-0.4, -0.2) is 47.6 Å². The van der Waals surface area contributed by atoms with Crippen LogP contribution in [-0.2, 0) is 0 Å². The van der Waals surface area contributed by atoms with Crippen molar-refractivity contribution in [3.05, 3.63) is 24.3 Å². The van der Waals surface area contributed by atoms with E-state index in [0.717, 1.165) is 6.04 Å². The third-order valence-electron chi connectivity index (χ3n) is 5.06. The summed E-state index contributed by atoms with van der Waals surface area (Å²) in [5.41, 5.74) is 0. The molecule has 0 N–H and O–H groups in total. The molecule has 19 heavy (non-hydrogen) atoms. The molecule has 1 heterocycles. The van der Waals surface area contributed by atoms with Gasteiger partial charge in [-0.05, 0) is 45.4 Å². The van der Waals surface area contributed by atoms with E-state index in [9.17, 15) is 0 Å². The summed E-state index contributed by atoms with van der Waals surface area (Å²) < 4.78 is 0. The van der Waals surface area contributed by atoms with Gasteiger partial charge in [-0.15, -0.1) is 0 Å². The van der Waals surface area contributed by atoms with Crippen LogP contribution in [0.4, 0.5) is 0 Å². The highest BCUT2D eigenvalue weighted by Crippen LogP contribution is 2.24. The Labute approximate surface area is 118 Å². The lowest BCUT2D eigenvalue weighted by Crippen LogP contribution is -2.57. The van der Waals surface area contributed by atoms with Gasteiger partial charge in [-0.1, -0.05) is 24.3 Å². The Hall–Kier alpha value is -0.600. The van der Waals surface area contributed by atoms with Crippen LogP contribution in [0.15, 0.2) is 24.3 Å². The molecule has 1 fully saturated rings. The molecule has 106 valence electrons. The number of piperazine rings is 1. The highest BCUT2D eigenvalue weighted by molar-refractivity contribution is 5.04. The van der Waals surface area contributed by atoms with E-state index in [-0.39, 0.29) is 0 Å². The maximum absolute atomic E-state index is 2.73. The Morgan fingerprint density at radius 1 is 0.895 bits per heavy atom. The summed E-state index contributed by atoms with van der Waals surface area (Å²) in [5, 5.41) is 0. The molecule has 0 amide bonds. The summed E-state index contributed by atoms with van der Waals surface area (Å²) in [5.74, 6) is 0. The van der Waals surface area contributed by atoms with E-state index >= 15 is 0 Å². The van der Waals surface area contributed by atoms with Gasteiger partial charge in [0.25, 0.3) is 0 Å². The minimum Gasteiger partial charge on any atom is -0.294 e. The van der Waals surface area contributed by atoms with Crippen molar-refractivity contribution in [1.29, 1.82) is 0 Å². The zero-order chi connectivity index (χ0) is 13.1. The second-order valence-corrected chi connectivity index (χ2v) is 6.43. The molecule has 0 spiro atoms. The van der Waals surface area contributed by atoms with E-state index in [1.165, 1.54) is 58.2 Å². The zero-order valence-corrected chi connectivity index (χ0v) is 12.3. The zero-order valence-electron chi connectivity index (χ0n) is 12.3. The molecule has 3 aliphatic rings. The normalized spacial score (nSPS) is 37.6. The van der Waals surface area contributed by atoms with Crippen molar-refractivity contribution in [3.8, 4) is 0 Å². The minimum atomic E-state index is 0.705. The first-order valence-electron chi connectivity index (χ1n) is 8.18. The van der Waals surface area contributed by atoms with E-state index < -0.39 is 0 Å². The topological polar surface area (TPSA) is 6.48 Å². The van der Waals surface area contributed by atoms with Crippen LogP contribution in [0.1, 0.15) is 45.4 Å². The summed E-state index contributed by atoms with van der Waals surface area (Å²) in [6.07, 6.45) is 17.7. The van der Waals surface area contributed by atoms with Crippen molar-refractivity contribution in [1.82, 2.24) is 9.80 Å². The van der Waals surface area contributed by atoms with Crippen molar-refractivity contribution in [2.75, 3.05) is 19.6 Å². The van der Waals surface area contributed by atoms with Gasteiger partial charge >= 0.3 is 0 Å². The smallest absolute Gasteiger partial charge is 0.0282 e. The van der Waals surface area contributed by atoms with Crippen LogP contribution in [0.2, 0.25) is 0 Å². The molecule has 1 aliphatic heterocycles. The lowest BCUT2D eigenvalue weighted by molar-refractivity contribution is 0.0429. The Morgan fingerprint density at radius 3 is 2.16 bits per heavy atom. The Balaban J connectivity index is 1.58. The molecular formula is C17H28N2. The molecule has 3 rings (SSSR count). The lowest BCUT2D eigenvalue weighted by atomic mass is 9.96. The molecule has 0 aromatic heterocycles. The molecule has 0 aromatic rings. The fourth-order valence-electron chi connectivity index (χ4n) is 3.96. The Kier molecular flexibility index (Phi) is 4.39. The largest absolute Gasteiger partial charge is 0.294 e. The van der Waals surface area contributed by atoms with Crippen LogP contribution in [0.5, 0.6) is 0 Å². The van der Waals surface area contributed by atoms with Crippen molar-refractivity contribution < 1.29 is 0 Å².